The quantitative estimate of drug-likeness (QED) is 0.456. The molecule has 0 bridgehead atoms. The van der Waals surface area contributed by atoms with Crippen molar-refractivity contribution in [3.8, 4) is 16.9 Å². The van der Waals surface area contributed by atoms with Gasteiger partial charge in [-0.25, -0.2) is 0 Å². The SMILES string of the molecule is COc1ccccc1-c1ccc(NC(=O)c2ccc(NCCN3CCCC3)cc2)c2c1CNC2=O. The number of anilines is 2. The predicted molar refractivity (Wildman–Crippen MR) is 138 cm³/mol. The van der Waals surface area contributed by atoms with Crippen molar-refractivity contribution in [1.82, 2.24) is 10.2 Å². The van der Waals surface area contributed by atoms with Crippen LogP contribution in [0.15, 0.2) is 60.7 Å². The smallest absolute Gasteiger partial charge is 0.255 e. The fourth-order valence-electron chi connectivity index (χ4n) is 4.87. The number of hydrogen-bond donors (Lipinski definition) is 3. The molecule has 7 heteroatoms. The number of hydrogen-bond acceptors (Lipinski definition) is 5. The number of benzene rings is 3. The molecule has 0 aromatic heterocycles. The third-order valence-corrected chi connectivity index (χ3v) is 6.71. The molecule has 3 aromatic rings. The summed E-state index contributed by atoms with van der Waals surface area (Å²) in [5.41, 5.74) is 5.22. The Kier molecular flexibility index (Phi) is 6.68. The van der Waals surface area contributed by atoms with Crippen LogP contribution in [0, 0.1) is 0 Å². The molecule has 1 fully saturated rings. The molecule has 180 valence electrons. The number of likely N-dealkylation sites (tertiary alicyclic amines) is 1. The number of fused-ring (bicyclic) bond motifs is 1. The molecular weight excluding hydrogens is 440 g/mol. The Hall–Kier alpha value is -3.84. The summed E-state index contributed by atoms with van der Waals surface area (Å²) in [6.07, 6.45) is 2.58. The molecule has 35 heavy (non-hydrogen) atoms. The van der Waals surface area contributed by atoms with Crippen molar-refractivity contribution in [2.45, 2.75) is 19.4 Å². The highest BCUT2D eigenvalue weighted by Gasteiger charge is 2.27. The van der Waals surface area contributed by atoms with Crippen LogP contribution in [0.25, 0.3) is 11.1 Å². The normalized spacial score (nSPS) is 14.9. The van der Waals surface area contributed by atoms with Crippen molar-refractivity contribution in [1.29, 1.82) is 0 Å². The van der Waals surface area contributed by atoms with E-state index in [4.69, 9.17) is 4.74 Å². The molecule has 0 aliphatic carbocycles. The summed E-state index contributed by atoms with van der Waals surface area (Å²) in [7, 11) is 1.63. The number of ether oxygens (including phenoxy) is 1. The lowest BCUT2D eigenvalue weighted by molar-refractivity contribution is 0.0966. The molecule has 7 nitrogen and oxygen atoms in total. The van der Waals surface area contributed by atoms with Crippen LogP contribution in [-0.2, 0) is 6.54 Å². The fraction of sp³-hybridized carbons (Fsp3) is 0.286. The van der Waals surface area contributed by atoms with Gasteiger partial charge in [0.05, 0.1) is 18.4 Å². The Labute approximate surface area is 205 Å². The van der Waals surface area contributed by atoms with Gasteiger partial charge in [-0.1, -0.05) is 24.3 Å². The number of para-hydroxylation sites is 1. The first-order valence-electron chi connectivity index (χ1n) is 12.1. The van der Waals surface area contributed by atoms with Crippen molar-refractivity contribution < 1.29 is 14.3 Å². The Morgan fingerprint density at radius 3 is 2.54 bits per heavy atom. The van der Waals surface area contributed by atoms with Crippen molar-refractivity contribution in [2.75, 3.05) is 43.9 Å². The number of nitrogens with one attached hydrogen (secondary N) is 3. The second kappa shape index (κ2) is 10.2. The van der Waals surface area contributed by atoms with Crippen molar-refractivity contribution in [3.05, 3.63) is 77.4 Å². The summed E-state index contributed by atoms with van der Waals surface area (Å²) >= 11 is 0. The van der Waals surface area contributed by atoms with Gasteiger partial charge in [0.15, 0.2) is 0 Å². The van der Waals surface area contributed by atoms with Crippen molar-refractivity contribution in [3.63, 3.8) is 0 Å². The average Bonchev–Trinajstić information content (AvgIpc) is 3.55. The molecule has 2 aliphatic heterocycles. The maximum Gasteiger partial charge on any atom is 0.255 e. The van der Waals surface area contributed by atoms with Gasteiger partial charge in [-0.05, 0) is 73.5 Å². The van der Waals surface area contributed by atoms with E-state index in [1.807, 2.05) is 42.5 Å². The monoisotopic (exact) mass is 470 g/mol. The minimum Gasteiger partial charge on any atom is -0.496 e. The number of nitrogens with zero attached hydrogens (tertiary/aromatic N) is 1. The van der Waals surface area contributed by atoms with Crippen LogP contribution in [0.4, 0.5) is 11.4 Å². The molecule has 0 unspecified atom stereocenters. The van der Waals surface area contributed by atoms with Gasteiger partial charge < -0.3 is 25.6 Å². The standard InChI is InChI=1S/C28H30N4O3/c1-35-25-7-3-2-6-22(25)21-12-13-24(26-23(21)18-30-28(26)34)31-27(33)19-8-10-20(11-9-19)29-14-17-32-15-4-5-16-32/h2-3,6-13,29H,4-5,14-18H2,1H3,(H,30,34)(H,31,33). The van der Waals surface area contributed by atoms with E-state index in [-0.39, 0.29) is 11.8 Å². The number of rotatable bonds is 8. The van der Waals surface area contributed by atoms with Gasteiger partial charge in [-0.15, -0.1) is 0 Å². The van der Waals surface area contributed by atoms with Crippen LogP contribution in [0.5, 0.6) is 5.75 Å². The van der Waals surface area contributed by atoms with Gasteiger partial charge in [0.25, 0.3) is 11.8 Å². The molecule has 0 radical (unpaired) electrons. The lowest BCUT2D eigenvalue weighted by atomic mass is 9.95. The zero-order chi connectivity index (χ0) is 24.2. The molecule has 0 saturated carbocycles. The first-order valence-corrected chi connectivity index (χ1v) is 12.1. The van der Waals surface area contributed by atoms with Crippen LogP contribution in [-0.4, -0.2) is 50.0 Å². The maximum absolute atomic E-state index is 13.0. The summed E-state index contributed by atoms with van der Waals surface area (Å²) in [5.74, 6) is 0.296. The third kappa shape index (κ3) is 4.86. The largest absolute Gasteiger partial charge is 0.496 e. The molecule has 1 saturated heterocycles. The van der Waals surface area contributed by atoms with Crippen LogP contribution in [0.2, 0.25) is 0 Å². The van der Waals surface area contributed by atoms with E-state index in [0.29, 0.717) is 23.4 Å². The Balaban J connectivity index is 1.30. The second-order valence-electron chi connectivity index (χ2n) is 8.90. The Morgan fingerprint density at radius 1 is 1.00 bits per heavy atom. The van der Waals surface area contributed by atoms with E-state index in [2.05, 4.69) is 20.9 Å². The van der Waals surface area contributed by atoms with E-state index >= 15 is 0 Å². The molecule has 2 heterocycles. The first-order chi connectivity index (χ1) is 17.1. The van der Waals surface area contributed by atoms with E-state index in [1.54, 1.807) is 25.3 Å². The van der Waals surface area contributed by atoms with E-state index in [0.717, 1.165) is 41.2 Å². The second-order valence-corrected chi connectivity index (χ2v) is 8.90. The van der Waals surface area contributed by atoms with Crippen LogP contribution in [0.3, 0.4) is 0 Å². The van der Waals surface area contributed by atoms with E-state index < -0.39 is 0 Å². The highest BCUT2D eigenvalue weighted by molar-refractivity contribution is 6.11. The maximum atomic E-state index is 13.0. The van der Waals surface area contributed by atoms with Crippen LogP contribution in [0.1, 0.15) is 39.1 Å². The molecule has 2 aliphatic rings. The van der Waals surface area contributed by atoms with Crippen molar-refractivity contribution >= 4 is 23.2 Å². The average molecular weight is 471 g/mol. The molecule has 0 spiro atoms. The summed E-state index contributed by atoms with van der Waals surface area (Å²) in [6, 6.07) is 18.9. The van der Waals surface area contributed by atoms with E-state index in [1.165, 1.54) is 25.9 Å². The summed E-state index contributed by atoms with van der Waals surface area (Å²) in [5, 5.41) is 9.25. The van der Waals surface area contributed by atoms with Gasteiger partial charge in [0.1, 0.15) is 5.75 Å². The van der Waals surface area contributed by atoms with Gasteiger partial charge in [-0.3, -0.25) is 9.59 Å². The molecular formula is C28H30N4O3. The lowest BCUT2D eigenvalue weighted by Gasteiger charge is -2.16. The number of carbonyl (C=O) groups is 2. The Bertz CT molecular complexity index is 1230. The summed E-state index contributed by atoms with van der Waals surface area (Å²) in [6.45, 7) is 4.68. The van der Waals surface area contributed by atoms with Crippen molar-refractivity contribution in [2.24, 2.45) is 0 Å². The third-order valence-electron chi connectivity index (χ3n) is 6.71. The summed E-state index contributed by atoms with van der Waals surface area (Å²) in [4.78, 5) is 28.1. The molecule has 3 N–H and O–H groups in total. The van der Waals surface area contributed by atoms with Gasteiger partial charge >= 0.3 is 0 Å². The highest BCUT2D eigenvalue weighted by Crippen LogP contribution is 2.38. The number of carbonyl (C=O) groups excluding carboxylic acids is 2. The highest BCUT2D eigenvalue weighted by atomic mass is 16.5. The number of amides is 2. The fourth-order valence-corrected chi connectivity index (χ4v) is 4.87. The topological polar surface area (TPSA) is 82.7 Å². The predicted octanol–water partition coefficient (Wildman–Crippen LogP) is 4.37. The number of methoxy groups -OCH3 is 1. The molecule has 5 rings (SSSR count). The first kappa shape index (κ1) is 22.9. The minimum atomic E-state index is -0.249. The lowest BCUT2D eigenvalue weighted by Crippen LogP contribution is -2.25. The van der Waals surface area contributed by atoms with Gasteiger partial charge in [0.2, 0.25) is 0 Å². The van der Waals surface area contributed by atoms with Crippen LogP contribution >= 0.6 is 0 Å². The van der Waals surface area contributed by atoms with Gasteiger partial charge in [-0.2, -0.15) is 0 Å². The zero-order valence-electron chi connectivity index (χ0n) is 19.9. The van der Waals surface area contributed by atoms with Crippen LogP contribution < -0.4 is 20.7 Å². The molecule has 2 amide bonds. The van der Waals surface area contributed by atoms with E-state index in [9.17, 15) is 9.59 Å². The molecule has 3 aromatic carbocycles. The zero-order valence-corrected chi connectivity index (χ0v) is 19.9. The summed E-state index contributed by atoms with van der Waals surface area (Å²) < 4.78 is 5.52. The van der Waals surface area contributed by atoms with Gasteiger partial charge in [0, 0.05) is 36.4 Å². The minimum absolute atomic E-state index is 0.190. The molecule has 0 atom stereocenters. The Morgan fingerprint density at radius 2 is 1.77 bits per heavy atom.